The smallest absolute Gasteiger partial charge is 0.347 e. The molecule has 1 saturated carbocycles. The number of phenols is 3. The van der Waals surface area contributed by atoms with Crippen LogP contribution in [0.5, 0.6) is 23.0 Å². The highest BCUT2D eigenvalue weighted by Gasteiger charge is 2.34. The number of benzene rings is 4. The molecule has 0 aromatic heterocycles. The fourth-order valence-electron chi connectivity index (χ4n) is 6.75. The number of esters is 3. The highest BCUT2D eigenvalue weighted by Crippen LogP contribution is 2.40. The monoisotopic (exact) mass is 784 g/mol. The molecule has 1 fully saturated rings. The number of unbranched alkanes of at least 4 members (excludes halogenated alkanes) is 1. The summed E-state index contributed by atoms with van der Waals surface area (Å²) in [5.41, 5.74) is 2.04. The lowest BCUT2D eigenvalue weighted by molar-refractivity contribution is -0.00738. The van der Waals surface area contributed by atoms with E-state index >= 15 is 0 Å². The zero-order valence-corrected chi connectivity index (χ0v) is 34.0. The first-order valence-corrected chi connectivity index (χ1v) is 19.7. The summed E-state index contributed by atoms with van der Waals surface area (Å²) in [7, 11) is 0. The van der Waals surface area contributed by atoms with Crippen LogP contribution < -0.4 is 4.74 Å². The molecule has 0 spiro atoms. The summed E-state index contributed by atoms with van der Waals surface area (Å²) >= 11 is 0. The van der Waals surface area contributed by atoms with Crippen LogP contribution in [0, 0.1) is 17.3 Å². The fraction of sp³-hybridized carbons (Fsp3) is 0.438. The summed E-state index contributed by atoms with van der Waals surface area (Å²) in [6, 6.07) is 26.7. The van der Waals surface area contributed by atoms with Crippen molar-refractivity contribution >= 4 is 17.9 Å². The maximum Gasteiger partial charge on any atom is 0.347 e. The first-order valence-electron chi connectivity index (χ1n) is 19.7. The third-order valence-corrected chi connectivity index (χ3v) is 9.74. The average molecular weight is 785 g/mol. The van der Waals surface area contributed by atoms with Crippen LogP contribution in [0.25, 0.3) is 0 Å². The van der Waals surface area contributed by atoms with E-state index in [1.807, 2.05) is 12.1 Å². The van der Waals surface area contributed by atoms with Gasteiger partial charge in [0.05, 0.1) is 6.61 Å². The van der Waals surface area contributed by atoms with Crippen LogP contribution in [0.4, 0.5) is 0 Å². The van der Waals surface area contributed by atoms with Gasteiger partial charge in [0, 0.05) is 0 Å². The van der Waals surface area contributed by atoms with Crippen molar-refractivity contribution in [2.75, 3.05) is 6.61 Å². The van der Waals surface area contributed by atoms with E-state index in [0.29, 0.717) is 30.1 Å². The molecule has 0 aliphatic heterocycles. The molecule has 9 heteroatoms. The van der Waals surface area contributed by atoms with Gasteiger partial charge in [-0.05, 0) is 103 Å². The zero-order valence-electron chi connectivity index (χ0n) is 34.0. The lowest BCUT2D eigenvalue weighted by atomic mass is 9.71. The molecule has 4 aromatic carbocycles. The van der Waals surface area contributed by atoms with Crippen LogP contribution in [0.3, 0.4) is 0 Å². The van der Waals surface area contributed by atoms with Gasteiger partial charge in [-0.1, -0.05) is 124 Å². The molecule has 0 amide bonds. The molecular formula is C48H64O9. The molecule has 0 radical (unpaired) electrons. The number of aromatic hydroxyl groups is 3. The van der Waals surface area contributed by atoms with E-state index in [-0.39, 0.29) is 52.9 Å². The lowest BCUT2D eigenvalue weighted by Gasteiger charge is -2.38. The van der Waals surface area contributed by atoms with Gasteiger partial charge < -0.3 is 29.5 Å². The van der Waals surface area contributed by atoms with Crippen LogP contribution >= 0.6 is 0 Å². The zero-order chi connectivity index (χ0) is 41.3. The summed E-state index contributed by atoms with van der Waals surface area (Å²) in [6.07, 6.45) is 7.31. The summed E-state index contributed by atoms with van der Waals surface area (Å²) in [4.78, 5) is 35.7. The first-order chi connectivity index (χ1) is 26.6. The minimum Gasteiger partial charge on any atom is -0.507 e. The van der Waals surface area contributed by atoms with Gasteiger partial charge in [-0.3, -0.25) is 0 Å². The Kier molecular flexibility index (Phi) is 19.9. The Morgan fingerprint density at radius 3 is 1.67 bits per heavy atom. The topological polar surface area (TPSA) is 140 Å². The standard InChI is InChI=1S/C16H22O3.C16H16O3.C15H22O3.CH4/c1-11-8-12(10-16(2,3)9-11)19-15(18)13-6-4-5-7-14(13)17;1-11(2)12-7-9-13(10-8-12)19-16(18)14-5-3-4-6-15(14)17;1-3-5-8-12(4-2)11-18-15(17)13-9-6-7-10-14(13)16;/h4-7,11-12,17H,8-10H2,1-3H3;3-11,17H,1-2H3;6-7,9-10,12,16H,3-5,8,11H2,1-2H3;1H4. The maximum atomic E-state index is 12.1. The normalized spacial score (nSPS) is 15.9. The van der Waals surface area contributed by atoms with Crippen LogP contribution in [0.2, 0.25) is 0 Å². The van der Waals surface area contributed by atoms with Crippen LogP contribution in [-0.2, 0) is 9.47 Å². The highest BCUT2D eigenvalue weighted by atomic mass is 16.5. The van der Waals surface area contributed by atoms with Crippen molar-refractivity contribution in [1.82, 2.24) is 0 Å². The van der Waals surface area contributed by atoms with Crippen molar-refractivity contribution in [3.63, 3.8) is 0 Å². The maximum absolute atomic E-state index is 12.1. The van der Waals surface area contributed by atoms with Crippen molar-refractivity contribution in [1.29, 1.82) is 0 Å². The number of carbonyl (C=O) groups is 3. The van der Waals surface area contributed by atoms with Crippen molar-refractivity contribution in [2.24, 2.45) is 17.3 Å². The summed E-state index contributed by atoms with van der Waals surface area (Å²) in [5, 5.41) is 28.8. The fourth-order valence-corrected chi connectivity index (χ4v) is 6.75. The van der Waals surface area contributed by atoms with Gasteiger partial charge in [-0.25, -0.2) is 14.4 Å². The molecule has 3 N–H and O–H groups in total. The number of hydrogen-bond donors (Lipinski definition) is 3. The van der Waals surface area contributed by atoms with Crippen molar-refractivity contribution < 1.29 is 43.9 Å². The van der Waals surface area contributed by atoms with E-state index in [1.54, 1.807) is 60.7 Å². The molecule has 9 nitrogen and oxygen atoms in total. The molecule has 4 aromatic rings. The average Bonchev–Trinajstić information content (AvgIpc) is 3.15. The predicted molar refractivity (Wildman–Crippen MR) is 226 cm³/mol. The van der Waals surface area contributed by atoms with E-state index in [4.69, 9.17) is 14.2 Å². The van der Waals surface area contributed by atoms with Gasteiger partial charge in [0.1, 0.15) is 45.8 Å². The molecule has 3 atom stereocenters. The van der Waals surface area contributed by atoms with E-state index in [1.165, 1.54) is 29.8 Å². The number of para-hydroxylation sites is 3. The molecule has 0 bridgehead atoms. The Hall–Kier alpha value is -5.31. The van der Waals surface area contributed by atoms with Gasteiger partial charge in [-0.2, -0.15) is 0 Å². The third-order valence-electron chi connectivity index (χ3n) is 9.74. The number of phenolic OH excluding ortho intramolecular Hbond substituents is 3. The van der Waals surface area contributed by atoms with Crippen molar-refractivity contribution in [2.45, 2.75) is 113 Å². The third kappa shape index (κ3) is 16.0. The van der Waals surface area contributed by atoms with Crippen molar-refractivity contribution in [3.05, 3.63) is 119 Å². The molecular weight excluding hydrogens is 721 g/mol. The van der Waals surface area contributed by atoms with Gasteiger partial charge in [0.25, 0.3) is 0 Å². The number of ether oxygens (including phenoxy) is 3. The van der Waals surface area contributed by atoms with E-state index in [2.05, 4.69) is 48.5 Å². The van der Waals surface area contributed by atoms with E-state index < -0.39 is 17.9 Å². The highest BCUT2D eigenvalue weighted by molar-refractivity contribution is 5.94. The van der Waals surface area contributed by atoms with Gasteiger partial charge >= 0.3 is 17.9 Å². The Morgan fingerprint density at radius 2 is 1.21 bits per heavy atom. The summed E-state index contributed by atoms with van der Waals surface area (Å²) in [5.74, 6) is 0.337. The second-order valence-electron chi connectivity index (χ2n) is 15.6. The van der Waals surface area contributed by atoms with E-state index in [9.17, 15) is 29.7 Å². The second kappa shape index (κ2) is 23.7. The molecule has 3 unspecified atom stereocenters. The van der Waals surface area contributed by atoms with Crippen LogP contribution in [0.1, 0.15) is 143 Å². The molecule has 1 aliphatic carbocycles. The molecule has 0 heterocycles. The van der Waals surface area contributed by atoms with Gasteiger partial charge in [0.2, 0.25) is 0 Å². The summed E-state index contributed by atoms with van der Waals surface area (Å²) < 4.78 is 16.0. The van der Waals surface area contributed by atoms with Crippen LogP contribution in [0.15, 0.2) is 97.1 Å². The number of carbonyl (C=O) groups excluding carboxylic acids is 3. The SMILES string of the molecule is C.CC(C)c1ccc(OC(=O)c2ccccc2O)cc1.CC1CC(OC(=O)c2ccccc2O)CC(C)(C)C1.CCCCC(CC)COC(=O)c1ccccc1O. The lowest BCUT2D eigenvalue weighted by Crippen LogP contribution is -2.34. The Balaban J connectivity index is 0.000000293. The molecule has 310 valence electrons. The predicted octanol–water partition coefficient (Wildman–Crippen LogP) is 11.9. The van der Waals surface area contributed by atoms with E-state index in [0.717, 1.165) is 44.9 Å². The molecule has 0 saturated heterocycles. The Morgan fingerprint density at radius 1 is 0.719 bits per heavy atom. The largest absolute Gasteiger partial charge is 0.507 e. The Bertz CT molecular complexity index is 1830. The Labute approximate surface area is 340 Å². The number of hydrogen-bond acceptors (Lipinski definition) is 9. The second-order valence-corrected chi connectivity index (χ2v) is 15.6. The quantitative estimate of drug-likeness (QED) is 0.0946. The molecule has 5 rings (SSSR count). The van der Waals surface area contributed by atoms with Gasteiger partial charge in [0.15, 0.2) is 0 Å². The van der Waals surface area contributed by atoms with Crippen molar-refractivity contribution in [3.8, 4) is 23.0 Å². The first kappa shape index (κ1) is 47.8. The molecule has 57 heavy (non-hydrogen) atoms. The minimum absolute atomic E-state index is 0. The van der Waals surface area contributed by atoms with Crippen LogP contribution in [-0.4, -0.2) is 45.9 Å². The molecule has 1 aliphatic rings. The number of rotatable bonds is 12. The minimum atomic E-state index is -0.560. The summed E-state index contributed by atoms with van der Waals surface area (Å²) in [6.45, 7) is 15.5. The van der Waals surface area contributed by atoms with Gasteiger partial charge in [-0.15, -0.1) is 0 Å².